The highest BCUT2D eigenvalue weighted by Crippen LogP contribution is 2.22. The number of benzene rings is 1. The summed E-state index contributed by atoms with van der Waals surface area (Å²) in [5.74, 6) is -1.03. The third kappa shape index (κ3) is 4.99. The highest BCUT2D eigenvalue weighted by molar-refractivity contribution is 7.89. The molecule has 1 saturated heterocycles. The second-order valence-corrected chi connectivity index (χ2v) is 7.81. The lowest BCUT2D eigenvalue weighted by molar-refractivity contribution is 0.0180. The Kier molecular flexibility index (Phi) is 6.31. The Bertz CT molecular complexity index is 692. The van der Waals surface area contributed by atoms with Gasteiger partial charge in [-0.15, -0.1) is 0 Å². The number of ketones is 1. The quantitative estimate of drug-likeness (QED) is 0.750. The number of halogens is 1. The van der Waals surface area contributed by atoms with E-state index in [0.29, 0.717) is 19.6 Å². The lowest BCUT2D eigenvalue weighted by Gasteiger charge is -2.31. The van der Waals surface area contributed by atoms with Crippen molar-refractivity contribution >= 4 is 15.8 Å². The normalized spacial score (nSPS) is 21.5. The third-order valence-electron chi connectivity index (χ3n) is 3.98. The number of Topliss-reactive ketones (excluding diaryl/α,β-unsaturated/α-hetero) is 1. The van der Waals surface area contributed by atoms with Crippen LogP contribution in [0.15, 0.2) is 18.2 Å². The molecule has 1 aromatic carbocycles. The SMILES string of the molecule is CCS(=O)(=O)NC1CCOCC1COc1ccc(C(C)=O)cc1F. The van der Waals surface area contributed by atoms with Gasteiger partial charge in [0.25, 0.3) is 0 Å². The molecular weight excluding hydrogens is 337 g/mol. The molecule has 1 aliphatic heterocycles. The molecule has 0 radical (unpaired) electrons. The van der Waals surface area contributed by atoms with Crippen molar-refractivity contribution in [3.63, 3.8) is 0 Å². The second-order valence-electron chi connectivity index (χ2n) is 5.76. The number of ether oxygens (including phenoxy) is 2. The lowest BCUT2D eigenvalue weighted by Crippen LogP contribution is -2.48. The fraction of sp³-hybridized carbons (Fsp3) is 0.562. The average molecular weight is 359 g/mol. The molecule has 24 heavy (non-hydrogen) atoms. The highest BCUT2D eigenvalue weighted by atomic mass is 32.2. The molecule has 2 unspecified atom stereocenters. The van der Waals surface area contributed by atoms with Crippen LogP contribution < -0.4 is 9.46 Å². The van der Waals surface area contributed by atoms with E-state index in [9.17, 15) is 17.6 Å². The van der Waals surface area contributed by atoms with Crippen LogP contribution in [0.25, 0.3) is 0 Å². The van der Waals surface area contributed by atoms with Crippen molar-refractivity contribution in [3.05, 3.63) is 29.6 Å². The first-order valence-electron chi connectivity index (χ1n) is 7.83. The zero-order valence-corrected chi connectivity index (χ0v) is 14.6. The first-order chi connectivity index (χ1) is 11.3. The number of hydrogen-bond donors (Lipinski definition) is 1. The van der Waals surface area contributed by atoms with Gasteiger partial charge in [0.05, 0.1) is 19.0 Å². The Hall–Kier alpha value is -1.51. The van der Waals surface area contributed by atoms with E-state index < -0.39 is 15.8 Å². The molecule has 0 aromatic heterocycles. The maximum absolute atomic E-state index is 14.0. The summed E-state index contributed by atoms with van der Waals surface area (Å²) in [7, 11) is -3.33. The van der Waals surface area contributed by atoms with Crippen LogP contribution in [0.4, 0.5) is 4.39 Å². The van der Waals surface area contributed by atoms with Gasteiger partial charge in [0.2, 0.25) is 10.0 Å². The highest BCUT2D eigenvalue weighted by Gasteiger charge is 2.29. The molecule has 0 amide bonds. The van der Waals surface area contributed by atoms with Crippen LogP contribution in [0.1, 0.15) is 30.6 Å². The molecule has 1 aromatic rings. The van der Waals surface area contributed by atoms with Crippen LogP contribution in [0, 0.1) is 11.7 Å². The van der Waals surface area contributed by atoms with E-state index in [1.165, 1.54) is 19.1 Å². The van der Waals surface area contributed by atoms with Gasteiger partial charge in [0, 0.05) is 24.1 Å². The van der Waals surface area contributed by atoms with Crippen molar-refractivity contribution in [3.8, 4) is 5.75 Å². The van der Waals surface area contributed by atoms with Crippen LogP contribution in [0.3, 0.4) is 0 Å². The molecule has 0 saturated carbocycles. The smallest absolute Gasteiger partial charge is 0.211 e. The molecule has 8 heteroatoms. The molecule has 0 aliphatic carbocycles. The Labute approximate surface area is 141 Å². The van der Waals surface area contributed by atoms with E-state index in [-0.39, 0.29) is 41.4 Å². The predicted molar refractivity (Wildman–Crippen MR) is 87.2 cm³/mol. The Morgan fingerprint density at radius 3 is 2.83 bits per heavy atom. The van der Waals surface area contributed by atoms with Gasteiger partial charge in [-0.3, -0.25) is 4.79 Å². The van der Waals surface area contributed by atoms with Gasteiger partial charge in [-0.25, -0.2) is 17.5 Å². The van der Waals surface area contributed by atoms with Crippen molar-refractivity contribution in [2.24, 2.45) is 5.92 Å². The maximum Gasteiger partial charge on any atom is 0.211 e. The van der Waals surface area contributed by atoms with Gasteiger partial charge < -0.3 is 9.47 Å². The average Bonchev–Trinajstić information content (AvgIpc) is 2.54. The first-order valence-corrected chi connectivity index (χ1v) is 9.48. The van der Waals surface area contributed by atoms with Gasteiger partial charge in [-0.1, -0.05) is 0 Å². The molecule has 2 atom stereocenters. The van der Waals surface area contributed by atoms with Gasteiger partial charge >= 0.3 is 0 Å². The summed E-state index contributed by atoms with van der Waals surface area (Å²) in [6, 6.07) is 3.73. The van der Waals surface area contributed by atoms with Gasteiger partial charge in [0.15, 0.2) is 17.3 Å². The largest absolute Gasteiger partial charge is 0.490 e. The molecule has 1 heterocycles. The number of carbonyl (C=O) groups is 1. The fourth-order valence-corrected chi connectivity index (χ4v) is 3.40. The molecular formula is C16H22FNO5S. The Morgan fingerprint density at radius 1 is 1.46 bits per heavy atom. The number of sulfonamides is 1. The number of rotatable bonds is 7. The molecule has 1 aliphatic rings. The van der Waals surface area contributed by atoms with E-state index in [4.69, 9.17) is 9.47 Å². The summed E-state index contributed by atoms with van der Waals surface area (Å²) in [5, 5.41) is 0. The zero-order valence-electron chi connectivity index (χ0n) is 13.7. The Morgan fingerprint density at radius 2 is 2.21 bits per heavy atom. The second kappa shape index (κ2) is 8.04. The topological polar surface area (TPSA) is 81.7 Å². The molecule has 6 nitrogen and oxygen atoms in total. The molecule has 2 rings (SSSR count). The molecule has 0 spiro atoms. The van der Waals surface area contributed by atoms with E-state index >= 15 is 0 Å². The standard InChI is InChI=1S/C16H22FNO5S/c1-3-24(20,21)18-15-6-7-22-9-13(15)10-23-16-5-4-12(11(2)19)8-14(16)17/h4-5,8,13,15,18H,3,6-7,9-10H2,1-2H3. The first kappa shape index (κ1) is 18.8. The predicted octanol–water partition coefficient (Wildman–Crippen LogP) is 1.75. The van der Waals surface area contributed by atoms with Gasteiger partial charge in [-0.05, 0) is 38.5 Å². The van der Waals surface area contributed by atoms with Crippen molar-refractivity contribution in [2.45, 2.75) is 26.3 Å². The summed E-state index contributed by atoms with van der Waals surface area (Å²) in [4.78, 5) is 11.2. The number of hydrogen-bond acceptors (Lipinski definition) is 5. The summed E-state index contributed by atoms with van der Waals surface area (Å²) >= 11 is 0. The summed E-state index contributed by atoms with van der Waals surface area (Å²) in [6.45, 7) is 3.85. The number of carbonyl (C=O) groups excluding carboxylic acids is 1. The van der Waals surface area contributed by atoms with Crippen molar-refractivity contribution in [1.82, 2.24) is 4.72 Å². The fourth-order valence-electron chi connectivity index (χ4n) is 2.46. The summed E-state index contributed by atoms with van der Waals surface area (Å²) in [5.41, 5.74) is 0.273. The zero-order chi connectivity index (χ0) is 17.7. The van der Waals surface area contributed by atoms with Gasteiger partial charge in [-0.2, -0.15) is 0 Å². The third-order valence-corrected chi connectivity index (χ3v) is 5.40. The van der Waals surface area contributed by atoms with Crippen LogP contribution in [-0.2, 0) is 14.8 Å². The minimum atomic E-state index is -3.33. The maximum atomic E-state index is 14.0. The Balaban J connectivity index is 2.02. The van der Waals surface area contributed by atoms with Crippen LogP contribution in [0.5, 0.6) is 5.75 Å². The van der Waals surface area contributed by atoms with Crippen LogP contribution in [-0.4, -0.2) is 45.8 Å². The molecule has 1 N–H and O–H groups in total. The van der Waals surface area contributed by atoms with E-state index in [2.05, 4.69) is 4.72 Å². The minimum Gasteiger partial charge on any atom is -0.490 e. The minimum absolute atomic E-state index is 0.000922. The summed E-state index contributed by atoms with van der Waals surface area (Å²) in [6.07, 6.45) is 0.541. The summed E-state index contributed by atoms with van der Waals surface area (Å²) < 4.78 is 51.0. The van der Waals surface area contributed by atoms with E-state index in [1.807, 2.05) is 0 Å². The van der Waals surface area contributed by atoms with Crippen molar-refractivity contribution < 1.29 is 27.1 Å². The number of nitrogens with one attached hydrogen (secondary N) is 1. The van der Waals surface area contributed by atoms with Crippen LogP contribution >= 0.6 is 0 Å². The molecule has 134 valence electrons. The molecule has 0 bridgehead atoms. The lowest BCUT2D eigenvalue weighted by atomic mass is 9.98. The van der Waals surface area contributed by atoms with E-state index in [0.717, 1.165) is 6.07 Å². The van der Waals surface area contributed by atoms with Crippen molar-refractivity contribution in [1.29, 1.82) is 0 Å². The van der Waals surface area contributed by atoms with Gasteiger partial charge in [0.1, 0.15) is 0 Å². The monoisotopic (exact) mass is 359 g/mol. The van der Waals surface area contributed by atoms with Crippen LogP contribution in [0.2, 0.25) is 0 Å². The van der Waals surface area contributed by atoms with E-state index in [1.54, 1.807) is 6.92 Å². The van der Waals surface area contributed by atoms with Crippen molar-refractivity contribution in [2.75, 3.05) is 25.6 Å². The molecule has 1 fully saturated rings.